The lowest BCUT2D eigenvalue weighted by atomic mass is 10.0. The second-order valence-electron chi connectivity index (χ2n) is 8.43. The Morgan fingerprint density at radius 1 is 1.30 bits per heavy atom. The van der Waals surface area contributed by atoms with Gasteiger partial charge in [-0.05, 0) is 55.5 Å². The Morgan fingerprint density at radius 2 is 2.09 bits per heavy atom. The van der Waals surface area contributed by atoms with Gasteiger partial charge in [0.05, 0.1) is 16.6 Å². The van der Waals surface area contributed by atoms with Crippen molar-refractivity contribution < 1.29 is 9.32 Å². The monoisotopic (exact) mass is 483 g/mol. The van der Waals surface area contributed by atoms with Gasteiger partial charge in [0.15, 0.2) is 0 Å². The van der Waals surface area contributed by atoms with Gasteiger partial charge in [0, 0.05) is 23.7 Å². The SMILES string of the molecule is Cc1c(-c2nc(-c3ccc(Cl)cc3)no2)sc2ncn(CC(=O)N3CCC[C@@H](C)C3)c(=O)c12. The average Bonchev–Trinajstić information content (AvgIpc) is 3.41. The Bertz CT molecular complexity index is 1390. The van der Waals surface area contributed by atoms with Gasteiger partial charge in [0.1, 0.15) is 11.4 Å². The van der Waals surface area contributed by atoms with Crippen molar-refractivity contribution in [1.29, 1.82) is 0 Å². The van der Waals surface area contributed by atoms with Crippen molar-refractivity contribution in [2.75, 3.05) is 13.1 Å². The van der Waals surface area contributed by atoms with Gasteiger partial charge < -0.3 is 9.42 Å². The number of benzene rings is 1. The maximum atomic E-state index is 13.2. The van der Waals surface area contributed by atoms with E-state index in [0.717, 1.165) is 31.5 Å². The fourth-order valence-corrected chi connectivity index (χ4v) is 5.36. The minimum atomic E-state index is -0.240. The minimum absolute atomic E-state index is 0.0135. The van der Waals surface area contributed by atoms with Gasteiger partial charge in [-0.15, -0.1) is 11.3 Å². The zero-order valence-corrected chi connectivity index (χ0v) is 19.8. The molecular weight excluding hydrogens is 462 g/mol. The minimum Gasteiger partial charge on any atom is -0.341 e. The Morgan fingerprint density at radius 3 is 2.85 bits per heavy atom. The molecular formula is C23H22ClN5O3S. The van der Waals surface area contributed by atoms with Crippen LogP contribution in [0.3, 0.4) is 0 Å². The summed E-state index contributed by atoms with van der Waals surface area (Å²) in [5.74, 6) is 1.19. The van der Waals surface area contributed by atoms with Gasteiger partial charge >= 0.3 is 0 Å². The Balaban J connectivity index is 1.45. The molecule has 3 aromatic heterocycles. The summed E-state index contributed by atoms with van der Waals surface area (Å²) < 4.78 is 6.88. The number of aryl methyl sites for hydroxylation is 1. The van der Waals surface area contributed by atoms with Gasteiger partial charge in [-0.3, -0.25) is 14.2 Å². The van der Waals surface area contributed by atoms with Crippen LogP contribution >= 0.6 is 22.9 Å². The van der Waals surface area contributed by atoms with Crippen LogP contribution in [0.2, 0.25) is 5.02 Å². The lowest BCUT2D eigenvalue weighted by Gasteiger charge is -2.31. The highest BCUT2D eigenvalue weighted by Gasteiger charge is 2.24. The number of piperidine rings is 1. The number of carbonyl (C=O) groups is 1. The van der Waals surface area contributed by atoms with E-state index in [1.54, 1.807) is 12.1 Å². The number of fused-ring (bicyclic) bond motifs is 1. The van der Waals surface area contributed by atoms with E-state index in [4.69, 9.17) is 16.1 Å². The largest absolute Gasteiger partial charge is 0.341 e. The number of thiophene rings is 1. The molecule has 0 radical (unpaired) electrons. The van der Waals surface area contributed by atoms with Gasteiger partial charge in [0.2, 0.25) is 11.7 Å². The number of aromatic nitrogens is 4. The number of nitrogens with zero attached hydrogens (tertiary/aromatic N) is 5. The zero-order valence-electron chi connectivity index (χ0n) is 18.2. The molecule has 8 nitrogen and oxygen atoms in total. The first-order valence-electron chi connectivity index (χ1n) is 10.8. The van der Waals surface area contributed by atoms with Crippen molar-refractivity contribution in [1.82, 2.24) is 24.6 Å². The summed E-state index contributed by atoms with van der Waals surface area (Å²) >= 11 is 7.27. The van der Waals surface area contributed by atoms with Crippen molar-refractivity contribution >= 4 is 39.1 Å². The van der Waals surface area contributed by atoms with Crippen molar-refractivity contribution in [3.05, 3.63) is 51.5 Å². The molecule has 4 aromatic rings. The predicted octanol–water partition coefficient (Wildman–Crippen LogP) is 4.40. The summed E-state index contributed by atoms with van der Waals surface area (Å²) in [7, 11) is 0. The van der Waals surface area contributed by atoms with Crippen LogP contribution in [-0.2, 0) is 11.3 Å². The number of hydrogen-bond acceptors (Lipinski definition) is 7. The van der Waals surface area contributed by atoms with Crippen LogP contribution in [0, 0.1) is 12.8 Å². The van der Waals surface area contributed by atoms with Gasteiger partial charge in [-0.1, -0.05) is 23.7 Å². The fraction of sp³-hybridized carbons (Fsp3) is 0.348. The first-order chi connectivity index (χ1) is 15.9. The number of halogens is 1. The summed E-state index contributed by atoms with van der Waals surface area (Å²) in [5.41, 5.74) is 1.25. The first-order valence-corrected chi connectivity index (χ1v) is 12.0. The second-order valence-corrected chi connectivity index (χ2v) is 9.87. The third kappa shape index (κ3) is 4.18. The molecule has 5 rings (SSSR count). The third-order valence-corrected chi connectivity index (χ3v) is 7.40. The summed E-state index contributed by atoms with van der Waals surface area (Å²) in [4.78, 5) is 38.0. The molecule has 10 heteroatoms. The average molecular weight is 484 g/mol. The van der Waals surface area contributed by atoms with Gasteiger partial charge in [0.25, 0.3) is 11.4 Å². The van der Waals surface area contributed by atoms with Gasteiger partial charge in [-0.2, -0.15) is 4.98 Å². The molecule has 0 N–H and O–H groups in total. The molecule has 1 aliphatic rings. The lowest BCUT2D eigenvalue weighted by Crippen LogP contribution is -2.42. The van der Waals surface area contributed by atoms with Crippen LogP contribution in [0.4, 0.5) is 0 Å². The van der Waals surface area contributed by atoms with E-state index in [-0.39, 0.29) is 18.0 Å². The smallest absolute Gasteiger partial charge is 0.268 e. The van der Waals surface area contributed by atoms with E-state index < -0.39 is 0 Å². The quantitative estimate of drug-likeness (QED) is 0.427. The zero-order chi connectivity index (χ0) is 23.1. The van der Waals surface area contributed by atoms with E-state index in [9.17, 15) is 9.59 Å². The molecule has 170 valence electrons. The number of amides is 1. The topological polar surface area (TPSA) is 94.1 Å². The van der Waals surface area contributed by atoms with Crippen LogP contribution in [0.25, 0.3) is 32.4 Å². The molecule has 4 heterocycles. The molecule has 33 heavy (non-hydrogen) atoms. The third-order valence-electron chi connectivity index (χ3n) is 5.96. The van der Waals surface area contributed by atoms with Crippen molar-refractivity contribution in [3.8, 4) is 22.2 Å². The van der Waals surface area contributed by atoms with Crippen molar-refractivity contribution in [3.63, 3.8) is 0 Å². The first kappa shape index (κ1) is 21.8. The fourth-order valence-electron chi connectivity index (χ4n) is 4.17. The molecule has 1 aromatic carbocycles. The molecule has 1 amide bonds. The van der Waals surface area contributed by atoms with E-state index >= 15 is 0 Å². The molecule has 0 spiro atoms. The predicted molar refractivity (Wildman–Crippen MR) is 127 cm³/mol. The summed E-state index contributed by atoms with van der Waals surface area (Å²) in [6.07, 6.45) is 3.57. The number of likely N-dealkylation sites (tertiary alicyclic amines) is 1. The van der Waals surface area contributed by atoms with E-state index in [1.807, 2.05) is 24.0 Å². The lowest BCUT2D eigenvalue weighted by molar-refractivity contribution is -0.133. The highest BCUT2D eigenvalue weighted by Crippen LogP contribution is 2.35. The van der Waals surface area contributed by atoms with Crippen LogP contribution in [-0.4, -0.2) is 43.6 Å². The van der Waals surface area contributed by atoms with E-state index in [2.05, 4.69) is 22.0 Å². The van der Waals surface area contributed by atoms with Crippen LogP contribution in [0.15, 0.2) is 39.9 Å². The normalized spacial score (nSPS) is 16.5. The Kier molecular flexibility index (Phi) is 5.76. The maximum absolute atomic E-state index is 13.2. The van der Waals surface area contributed by atoms with E-state index in [1.165, 1.54) is 22.2 Å². The molecule has 1 fully saturated rings. The second kappa shape index (κ2) is 8.72. The number of hydrogen-bond donors (Lipinski definition) is 0. The number of carbonyl (C=O) groups excluding carboxylic acids is 1. The Hall–Kier alpha value is -3.04. The van der Waals surface area contributed by atoms with Crippen LogP contribution in [0.1, 0.15) is 25.3 Å². The van der Waals surface area contributed by atoms with Crippen molar-refractivity contribution in [2.24, 2.45) is 5.92 Å². The highest BCUT2D eigenvalue weighted by atomic mass is 35.5. The molecule has 1 saturated heterocycles. The summed E-state index contributed by atoms with van der Waals surface area (Å²) in [6, 6.07) is 7.15. The molecule has 0 bridgehead atoms. The Labute approximate surface area is 198 Å². The van der Waals surface area contributed by atoms with Crippen molar-refractivity contribution in [2.45, 2.75) is 33.2 Å². The summed E-state index contributed by atoms with van der Waals surface area (Å²) in [5, 5.41) is 5.16. The highest BCUT2D eigenvalue weighted by molar-refractivity contribution is 7.22. The molecule has 1 aliphatic heterocycles. The van der Waals surface area contributed by atoms with E-state index in [0.29, 0.717) is 43.3 Å². The molecule has 0 saturated carbocycles. The standard InChI is InChI=1S/C23H22ClN5O3S/c1-13-4-3-9-28(10-13)17(30)11-29-12-25-22-18(23(29)31)14(2)19(33-22)21-26-20(27-32-21)15-5-7-16(24)8-6-15/h5-8,12-13H,3-4,9-11H2,1-2H3/t13-/m1/s1. The van der Waals surface area contributed by atoms with Gasteiger partial charge in [-0.25, -0.2) is 4.98 Å². The molecule has 0 aliphatic carbocycles. The number of rotatable bonds is 4. The summed E-state index contributed by atoms with van der Waals surface area (Å²) in [6.45, 7) is 5.44. The van der Waals surface area contributed by atoms with Crippen LogP contribution in [0.5, 0.6) is 0 Å². The maximum Gasteiger partial charge on any atom is 0.268 e. The van der Waals surface area contributed by atoms with Crippen LogP contribution < -0.4 is 5.56 Å². The molecule has 1 atom stereocenters. The molecule has 0 unspecified atom stereocenters.